The van der Waals surface area contributed by atoms with Crippen LogP contribution < -0.4 is 5.73 Å². The quantitative estimate of drug-likeness (QED) is 0.797. The largest absolute Gasteiger partial charge is 0.330 e. The van der Waals surface area contributed by atoms with Crippen LogP contribution in [0.15, 0.2) is 24.3 Å². The second-order valence-electron chi connectivity index (χ2n) is 4.84. The van der Waals surface area contributed by atoms with Crippen LogP contribution in [0.25, 0.3) is 0 Å². The molecule has 0 bridgehead atoms. The average Bonchev–Trinajstić information content (AvgIpc) is 2.36. The van der Waals surface area contributed by atoms with E-state index in [1.54, 1.807) is 18.2 Å². The molecule has 1 aromatic rings. The number of nitrogens with two attached hydrogens (primary N) is 1. The van der Waals surface area contributed by atoms with Gasteiger partial charge in [0.1, 0.15) is 15.7 Å². The van der Waals surface area contributed by atoms with Gasteiger partial charge in [-0.15, -0.1) is 0 Å². The first kappa shape index (κ1) is 16.1. The van der Waals surface area contributed by atoms with E-state index in [0.717, 1.165) is 0 Å². The lowest BCUT2D eigenvalue weighted by Crippen LogP contribution is -2.22. The maximum absolute atomic E-state index is 13.5. The van der Waals surface area contributed by atoms with Crippen molar-refractivity contribution in [3.63, 3.8) is 0 Å². The molecule has 0 amide bonds. The Labute approximate surface area is 114 Å². The van der Waals surface area contributed by atoms with Gasteiger partial charge in [0.2, 0.25) is 0 Å². The molecule has 0 aromatic heterocycles. The molecule has 1 unspecified atom stereocenters. The molecule has 108 valence electrons. The van der Waals surface area contributed by atoms with Gasteiger partial charge < -0.3 is 5.73 Å². The van der Waals surface area contributed by atoms with E-state index < -0.39 is 9.84 Å². The molecule has 0 spiro atoms. The second kappa shape index (κ2) is 7.60. The van der Waals surface area contributed by atoms with Crippen molar-refractivity contribution in [1.82, 2.24) is 0 Å². The van der Waals surface area contributed by atoms with E-state index in [2.05, 4.69) is 0 Å². The van der Waals surface area contributed by atoms with Crippen LogP contribution in [-0.4, -0.2) is 26.5 Å². The minimum absolute atomic E-state index is 0.00327. The summed E-state index contributed by atoms with van der Waals surface area (Å²) in [5.41, 5.74) is 6.26. The van der Waals surface area contributed by atoms with Gasteiger partial charge in [-0.1, -0.05) is 25.1 Å². The standard InChI is InChI=1S/C14H22FNO2S/c1-2-8-19(17,18)9-7-12(11-16)10-13-5-3-4-6-14(13)15/h3-6,12H,2,7-11,16H2,1H3. The molecule has 0 aliphatic heterocycles. The van der Waals surface area contributed by atoms with E-state index in [4.69, 9.17) is 5.73 Å². The summed E-state index contributed by atoms with van der Waals surface area (Å²) < 4.78 is 36.8. The molecule has 1 atom stereocenters. The highest BCUT2D eigenvalue weighted by molar-refractivity contribution is 7.91. The Bertz CT molecular complexity index is 488. The van der Waals surface area contributed by atoms with Crippen LogP contribution >= 0.6 is 0 Å². The van der Waals surface area contributed by atoms with Crippen molar-refractivity contribution in [3.05, 3.63) is 35.6 Å². The number of halogens is 1. The molecule has 1 aromatic carbocycles. The molecule has 0 fully saturated rings. The smallest absolute Gasteiger partial charge is 0.150 e. The maximum atomic E-state index is 13.5. The predicted octanol–water partition coefficient (Wildman–Crippen LogP) is 2.16. The number of hydrogen-bond acceptors (Lipinski definition) is 3. The summed E-state index contributed by atoms with van der Waals surface area (Å²) in [6, 6.07) is 6.55. The van der Waals surface area contributed by atoms with Crippen LogP contribution in [0.4, 0.5) is 4.39 Å². The van der Waals surface area contributed by atoms with Gasteiger partial charge in [-0.3, -0.25) is 0 Å². The molecule has 1 rings (SSSR count). The van der Waals surface area contributed by atoms with Crippen molar-refractivity contribution in [1.29, 1.82) is 0 Å². The van der Waals surface area contributed by atoms with Gasteiger partial charge >= 0.3 is 0 Å². The lowest BCUT2D eigenvalue weighted by atomic mass is 9.97. The van der Waals surface area contributed by atoms with E-state index >= 15 is 0 Å². The van der Waals surface area contributed by atoms with Gasteiger partial charge in [0.25, 0.3) is 0 Å². The Morgan fingerprint density at radius 2 is 1.95 bits per heavy atom. The summed E-state index contributed by atoms with van der Waals surface area (Å²) in [5, 5.41) is 0. The van der Waals surface area contributed by atoms with E-state index in [0.29, 0.717) is 31.4 Å². The fourth-order valence-corrected chi connectivity index (χ4v) is 3.56. The number of hydrogen-bond donors (Lipinski definition) is 1. The van der Waals surface area contributed by atoms with Crippen LogP contribution in [-0.2, 0) is 16.3 Å². The summed E-state index contributed by atoms with van der Waals surface area (Å²) in [7, 11) is -2.99. The van der Waals surface area contributed by atoms with E-state index in [1.165, 1.54) is 6.07 Å². The third-order valence-electron chi connectivity index (χ3n) is 3.15. The summed E-state index contributed by atoms with van der Waals surface area (Å²) in [6.45, 7) is 2.22. The van der Waals surface area contributed by atoms with Crippen LogP contribution in [0, 0.1) is 11.7 Å². The van der Waals surface area contributed by atoms with Crippen molar-refractivity contribution in [3.8, 4) is 0 Å². The minimum atomic E-state index is -2.99. The topological polar surface area (TPSA) is 60.2 Å². The van der Waals surface area contributed by atoms with Gasteiger partial charge in [-0.05, 0) is 43.4 Å². The van der Waals surface area contributed by atoms with Gasteiger partial charge in [0, 0.05) is 5.75 Å². The zero-order valence-corrected chi connectivity index (χ0v) is 12.1. The average molecular weight is 287 g/mol. The summed E-state index contributed by atoms with van der Waals surface area (Å²) in [6.07, 6.45) is 1.61. The second-order valence-corrected chi connectivity index (χ2v) is 7.14. The molecule has 5 heteroatoms. The fourth-order valence-electron chi connectivity index (χ4n) is 2.04. The highest BCUT2D eigenvalue weighted by atomic mass is 32.2. The molecule has 0 saturated carbocycles. The van der Waals surface area contributed by atoms with Crippen molar-refractivity contribution >= 4 is 9.84 Å². The Hall–Kier alpha value is -0.940. The first-order valence-corrected chi connectivity index (χ1v) is 8.44. The van der Waals surface area contributed by atoms with Crippen molar-refractivity contribution < 1.29 is 12.8 Å². The Morgan fingerprint density at radius 3 is 2.53 bits per heavy atom. The first-order valence-electron chi connectivity index (χ1n) is 6.62. The number of sulfone groups is 1. The molecule has 0 aliphatic rings. The highest BCUT2D eigenvalue weighted by Gasteiger charge is 2.15. The Kier molecular flexibility index (Phi) is 6.45. The van der Waals surface area contributed by atoms with Crippen molar-refractivity contribution in [2.75, 3.05) is 18.1 Å². The maximum Gasteiger partial charge on any atom is 0.150 e. The Balaban J connectivity index is 2.58. The van der Waals surface area contributed by atoms with Gasteiger partial charge in [0.15, 0.2) is 0 Å². The minimum Gasteiger partial charge on any atom is -0.330 e. The SMILES string of the molecule is CCCS(=O)(=O)CCC(CN)Cc1ccccc1F. The summed E-state index contributed by atoms with van der Waals surface area (Å²) >= 11 is 0. The van der Waals surface area contributed by atoms with Crippen LogP contribution in [0.1, 0.15) is 25.3 Å². The predicted molar refractivity (Wildman–Crippen MR) is 76.2 cm³/mol. The summed E-state index contributed by atoms with van der Waals surface area (Å²) in [5.74, 6) is 0.0992. The van der Waals surface area contributed by atoms with Crippen molar-refractivity contribution in [2.45, 2.75) is 26.2 Å². The highest BCUT2D eigenvalue weighted by Crippen LogP contribution is 2.15. The lowest BCUT2D eigenvalue weighted by molar-refractivity contribution is 0.496. The first-order chi connectivity index (χ1) is 8.98. The third kappa shape index (κ3) is 5.70. The molecule has 0 heterocycles. The zero-order valence-electron chi connectivity index (χ0n) is 11.3. The lowest BCUT2D eigenvalue weighted by Gasteiger charge is -2.15. The molecule has 0 aliphatic carbocycles. The number of rotatable bonds is 8. The molecular weight excluding hydrogens is 265 g/mol. The fraction of sp³-hybridized carbons (Fsp3) is 0.571. The molecule has 19 heavy (non-hydrogen) atoms. The third-order valence-corrected chi connectivity index (χ3v) is 5.04. The zero-order chi connectivity index (χ0) is 14.3. The van der Waals surface area contributed by atoms with Crippen LogP contribution in [0.5, 0.6) is 0 Å². The molecular formula is C14H22FNO2S. The van der Waals surface area contributed by atoms with Gasteiger partial charge in [-0.25, -0.2) is 12.8 Å². The molecule has 3 nitrogen and oxygen atoms in total. The molecule has 0 saturated heterocycles. The summed E-state index contributed by atoms with van der Waals surface area (Å²) in [4.78, 5) is 0. The van der Waals surface area contributed by atoms with E-state index in [1.807, 2.05) is 6.92 Å². The van der Waals surface area contributed by atoms with Gasteiger partial charge in [0.05, 0.1) is 5.75 Å². The van der Waals surface area contributed by atoms with Crippen LogP contribution in [0.3, 0.4) is 0 Å². The monoisotopic (exact) mass is 287 g/mol. The van der Waals surface area contributed by atoms with Crippen molar-refractivity contribution in [2.24, 2.45) is 11.7 Å². The van der Waals surface area contributed by atoms with E-state index in [-0.39, 0.29) is 23.2 Å². The molecule has 0 radical (unpaired) electrons. The Morgan fingerprint density at radius 1 is 1.26 bits per heavy atom. The molecule has 2 N–H and O–H groups in total. The number of benzene rings is 1. The normalized spacial score (nSPS) is 13.4. The van der Waals surface area contributed by atoms with Crippen LogP contribution in [0.2, 0.25) is 0 Å². The van der Waals surface area contributed by atoms with E-state index in [9.17, 15) is 12.8 Å². The van der Waals surface area contributed by atoms with Gasteiger partial charge in [-0.2, -0.15) is 0 Å².